The molecular weight excluding hydrogens is 280 g/mol. The lowest BCUT2D eigenvalue weighted by molar-refractivity contribution is 0.0696. The second-order valence-electron chi connectivity index (χ2n) is 5.94. The van der Waals surface area contributed by atoms with Crippen LogP contribution in [0, 0.1) is 5.92 Å². The molecule has 0 bridgehead atoms. The zero-order valence-corrected chi connectivity index (χ0v) is 12.4. The number of nitrogens with one attached hydrogen (secondary N) is 2. The molecule has 1 aromatic carbocycles. The Kier molecular flexibility index (Phi) is 4.13. The van der Waals surface area contributed by atoms with Crippen molar-refractivity contribution in [2.75, 3.05) is 11.9 Å². The molecule has 0 atom stereocenters. The lowest BCUT2D eigenvalue weighted by atomic mass is 9.89. The first-order valence-corrected chi connectivity index (χ1v) is 7.79. The molecule has 0 amide bonds. The van der Waals surface area contributed by atoms with Crippen molar-refractivity contribution in [1.82, 2.24) is 4.98 Å². The van der Waals surface area contributed by atoms with Gasteiger partial charge < -0.3 is 15.4 Å². The van der Waals surface area contributed by atoms with E-state index in [-0.39, 0.29) is 5.56 Å². The zero-order chi connectivity index (χ0) is 15.5. The number of carbonyl (C=O) groups is 1. The molecule has 1 aliphatic carbocycles. The Hall–Kier alpha value is -2.30. The number of hydrogen-bond donors (Lipinski definition) is 3. The van der Waals surface area contributed by atoms with Crippen LogP contribution in [0.5, 0.6) is 0 Å². The summed E-state index contributed by atoms with van der Waals surface area (Å²) in [6.07, 6.45) is 6.07. The summed E-state index contributed by atoms with van der Waals surface area (Å²) in [7, 11) is 0. The molecule has 0 unspecified atom stereocenters. The van der Waals surface area contributed by atoms with E-state index in [9.17, 15) is 14.7 Å². The SMILES string of the molecule is O=C(O)c1c(NCC2CCCCC2)c2ccccc2[nH]c1=O. The van der Waals surface area contributed by atoms with E-state index in [1.807, 2.05) is 18.2 Å². The number of carboxylic acids is 1. The molecule has 5 nitrogen and oxygen atoms in total. The summed E-state index contributed by atoms with van der Waals surface area (Å²) in [6, 6.07) is 7.29. The second-order valence-corrected chi connectivity index (χ2v) is 5.94. The first-order valence-electron chi connectivity index (χ1n) is 7.79. The minimum atomic E-state index is -1.20. The molecule has 0 radical (unpaired) electrons. The van der Waals surface area contributed by atoms with E-state index in [0.29, 0.717) is 23.7 Å². The Labute approximate surface area is 128 Å². The summed E-state index contributed by atoms with van der Waals surface area (Å²) in [5.41, 5.74) is 0.341. The molecule has 3 rings (SSSR count). The van der Waals surface area contributed by atoms with Crippen molar-refractivity contribution in [3.63, 3.8) is 0 Å². The number of pyridine rings is 1. The average Bonchev–Trinajstić information content (AvgIpc) is 2.52. The van der Waals surface area contributed by atoms with Crippen molar-refractivity contribution in [2.45, 2.75) is 32.1 Å². The summed E-state index contributed by atoms with van der Waals surface area (Å²) in [5, 5.41) is 13.4. The number of anilines is 1. The maximum absolute atomic E-state index is 12.1. The first kappa shape index (κ1) is 14.6. The second kappa shape index (κ2) is 6.22. The molecule has 1 heterocycles. The highest BCUT2D eigenvalue weighted by molar-refractivity contribution is 6.04. The van der Waals surface area contributed by atoms with E-state index >= 15 is 0 Å². The molecule has 2 aromatic rings. The Balaban J connectivity index is 1.99. The van der Waals surface area contributed by atoms with Gasteiger partial charge >= 0.3 is 5.97 Å². The normalized spacial score (nSPS) is 15.8. The van der Waals surface area contributed by atoms with Gasteiger partial charge in [-0.2, -0.15) is 0 Å². The van der Waals surface area contributed by atoms with Crippen LogP contribution in [0.1, 0.15) is 42.5 Å². The molecule has 0 aliphatic heterocycles. The number of aromatic carboxylic acids is 1. The highest BCUT2D eigenvalue weighted by atomic mass is 16.4. The van der Waals surface area contributed by atoms with Crippen LogP contribution < -0.4 is 10.9 Å². The van der Waals surface area contributed by atoms with Gasteiger partial charge in [0.25, 0.3) is 5.56 Å². The number of aromatic nitrogens is 1. The Bertz CT molecular complexity index is 745. The Morgan fingerprint density at radius 3 is 2.68 bits per heavy atom. The van der Waals surface area contributed by atoms with Gasteiger partial charge in [0.05, 0.1) is 11.2 Å². The molecule has 1 fully saturated rings. The number of carboxylic acid groups (broad SMARTS) is 1. The molecule has 3 N–H and O–H groups in total. The molecule has 1 saturated carbocycles. The maximum atomic E-state index is 12.1. The fourth-order valence-electron chi connectivity index (χ4n) is 3.27. The van der Waals surface area contributed by atoms with Gasteiger partial charge in [-0.25, -0.2) is 4.79 Å². The minimum Gasteiger partial charge on any atom is -0.477 e. The molecule has 0 spiro atoms. The monoisotopic (exact) mass is 300 g/mol. The van der Waals surface area contributed by atoms with Gasteiger partial charge in [-0.05, 0) is 24.8 Å². The van der Waals surface area contributed by atoms with Crippen molar-refractivity contribution in [3.8, 4) is 0 Å². The molecule has 0 saturated heterocycles. The number of benzene rings is 1. The fourth-order valence-corrected chi connectivity index (χ4v) is 3.27. The predicted molar refractivity (Wildman–Crippen MR) is 86.6 cm³/mol. The zero-order valence-electron chi connectivity index (χ0n) is 12.4. The van der Waals surface area contributed by atoms with Crippen LogP contribution in [-0.2, 0) is 0 Å². The lowest BCUT2D eigenvalue weighted by Gasteiger charge is -2.23. The van der Waals surface area contributed by atoms with Gasteiger partial charge in [0.15, 0.2) is 0 Å². The van der Waals surface area contributed by atoms with Crippen LogP contribution >= 0.6 is 0 Å². The van der Waals surface area contributed by atoms with Crippen LogP contribution in [0.15, 0.2) is 29.1 Å². The number of aromatic amines is 1. The third-order valence-corrected chi connectivity index (χ3v) is 4.43. The number of para-hydroxylation sites is 1. The summed E-state index contributed by atoms with van der Waals surface area (Å²) in [5.74, 6) is -0.647. The molecule has 116 valence electrons. The number of hydrogen-bond acceptors (Lipinski definition) is 3. The van der Waals surface area contributed by atoms with Crippen LogP contribution in [0.25, 0.3) is 10.9 Å². The Morgan fingerprint density at radius 1 is 1.23 bits per heavy atom. The van der Waals surface area contributed by atoms with E-state index in [2.05, 4.69) is 10.3 Å². The maximum Gasteiger partial charge on any atom is 0.343 e. The Morgan fingerprint density at radius 2 is 1.95 bits per heavy atom. The van der Waals surface area contributed by atoms with Crippen molar-refractivity contribution in [1.29, 1.82) is 0 Å². The largest absolute Gasteiger partial charge is 0.477 e. The summed E-state index contributed by atoms with van der Waals surface area (Å²) in [6.45, 7) is 0.716. The van der Waals surface area contributed by atoms with Gasteiger partial charge in [0.1, 0.15) is 5.56 Å². The predicted octanol–water partition coefficient (Wildman–Crippen LogP) is 3.22. The van der Waals surface area contributed by atoms with Crippen LogP contribution in [-0.4, -0.2) is 22.6 Å². The summed E-state index contributed by atoms with van der Waals surface area (Å²) < 4.78 is 0. The van der Waals surface area contributed by atoms with Gasteiger partial charge in [-0.15, -0.1) is 0 Å². The standard InChI is InChI=1S/C17H20N2O3/c20-16-14(17(21)22)15(12-8-4-5-9-13(12)19-16)18-10-11-6-2-1-3-7-11/h4-5,8-9,11H,1-3,6-7,10H2,(H,21,22)(H2,18,19,20). The van der Waals surface area contributed by atoms with Crippen molar-refractivity contribution < 1.29 is 9.90 Å². The van der Waals surface area contributed by atoms with E-state index < -0.39 is 11.5 Å². The van der Waals surface area contributed by atoms with Crippen LogP contribution in [0.2, 0.25) is 0 Å². The van der Waals surface area contributed by atoms with Crippen LogP contribution in [0.4, 0.5) is 5.69 Å². The lowest BCUT2D eigenvalue weighted by Crippen LogP contribution is -2.24. The van der Waals surface area contributed by atoms with Gasteiger partial charge in [0.2, 0.25) is 0 Å². The topological polar surface area (TPSA) is 82.2 Å². The quantitative estimate of drug-likeness (QED) is 0.809. The van der Waals surface area contributed by atoms with Gasteiger partial charge in [-0.1, -0.05) is 37.5 Å². The summed E-state index contributed by atoms with van der Waals surface area (Å²) in [4.78, 5) is 26.2. The van der Waals surface area contributed by atoms with Crippen molar-refractivity contribution in [2.24, 2.45) is 5.92 Å². The third-order valence-electron chi connectivity index (χ3n) is 4.43. The van der Waals surface area contributed by atoms with E-state index in [1.165, 1.54) is 19.3 Å². The van der Waals surface area contributed by atoms with E-state index in [0.717, 1.165) is 18.2 Å². The van der Waals surface area contributed by atoms with Crippen LogP contribution in [0.3, 0.4) is 0 Å². The molecule has 22 heavy (non-hydrogen) atoms. The highest BCUT2D eigenvalue weighted by Crippen LogP contribution is 2.27. The van der Waals surface area contributed by atoms with E-state index in [1.54, 1.807) is 6.07 Å². The summed E-state index contributed by atoms with van der Waals surface area (Å²) >= 11 is 0. The van der Waals surface area contributed by atoms with Gasteiger partial charge in [0, 0.05) is 11.9 Å². The average molecular weight is 300 g/mol. The highest BCUT2D eigenvalue weighted by Gasteiger charge is 2.20. The number of rotatable bonds is 4. The van der Waals surface area contributed by atoms with Gasteiger partial charge in [-0.3, -0.25) is 4.79 Å². The smallest absolute Gasteiger partial charge is 0.343 e. The number of fused-ring (bicyclic) bond motifs is 1. The number of H-pyrrole nitrogens is 1. The minimum absolute atomic E-state index is 0.200. The molecule has 1 aromatic heterocycles. The van der Waals surface area contributed by atoms with E-state index in [4.69, 9.17) is 0 Å². The molecular formula is C17H20N2O3. The third kappa shape index (κ3) is 2.84. The first-order chi connectivity index (χ1) is 10.7. The van der Waals surface area contributed by atoms with Crippen molar-refractivity contribution in [3.05, 3.63) is 40.2 Å². The van der Waals surface area contributed by atoms with Crippen molar-refractivity contribution >= 4 is 22.6 Å². The molecule has 1 aliphatic rings. The fraction of sp³-hybridized carbons (Fsp3) is 0.412. The molecule has 5 heteroatoms.